The molecule has 2 heterocycles. The van der Waals surface area contributed by atoms with Crippen LogP contribution in [0.4, 0.5) is 0 Å². The Morgan fingerprint density at radius 2 is 2.14 bits per heavy atom. The third-order valence-electron chi connectivity index (χ3n) is 3.88. The van der Waals surface area contributed by atoms with Crippen LogP contribution in [0.3, 0.4) is 0 Å². The predicted octanol–water partition coefficient (Wildman–Crippen LogP) is 2.36. The van der Waals surface area contributed by atoms with Crippen molar-refractivity contribution in [3.05, 3.63) is 16.1 Å². The van der Waals surface area contributed by atoms with E-state index in [0.717, 1.165) is 44.5 Å². The van der Waals surface area contributed by atoms with Gasteiger partial charge in [0, 0.05) is 25.6 Å². The molecule has 2 rings (SSSR count). The second kappa shape index (κ2) is 7.54. The van der Waals surface area contributed by atoms with Crippen molar-refractivity contribution in [2.24, 2.45) is 0 Å². The number of amides is 2. The topological polar surface area (TPSA) is 62.3 Å². The lowest BCUT2D eigenvalue weighted by Gasteiger charge is -2.32. The first-order valence-corrected chi connectivity index (χ1v) is 8.48. The Hall–Kier alpha value is -1.43. The van der Waals surface area contributed by atoms with Crippen LogP contribution < -0.4 is 5.32 Å². The molecule has 0 radical (unpaired) electrons. The first-order valence-electron chi connectivity index (χ1n) is 7.60. The second-order valence-corrected chi connectivity index (χ2v) is 6.35. The lowest BCUT2D eigenvalue weighted by atomic mass is 10.0. The van der Waals surface area contributed by atoms with Gasteiger partial charge in [-0.2, -0.15) is 0 Å². The number of unbranched alkanes of at least 4 members (excludes halogenated alkanes) is 1. The van der Waals surface area contributed by atoms with Gasteiger partial charge < -0.3 is 10.2 Å². The van der Waals surface area contributed by atoms with Gasteiger partial charge >= 0.3 is 0 Å². The summed E-state index contributed by atoms with van der Waals surface area (Å²) in [6, 6.07) is 0.161. The molecule has 1 saturated heterocycles. The Labute approximate surface area is 129 Å². The second-order valence-electron chi connectivity index (χ2n) is 5.50. The largest absolute Gasteiger partial charge is 0.348 e. The van der Waals surface area contributed by atoms with Gasteiger partial charge in [-0.25, -0.2) is 4.98 Å². The van der Waals surface area contributed by atoms with Crippen molar-refractivity contribution in [2.45, 2.75) is 52.0 Å². The van der Waals surface area contributed by atoms with Crippen LogP contribution in [-0.4, -0.2) is 40.8 Å². The summed E-state index contributed by atoms with van der Waals surface area (Å²) in [6.45, 7) is 5.43. The summed E-state index contributed by atoms with van der Waals surface area (Å²) in [5.41, 5.74) is 2.48. The zero-order valence-corrected chi connectivity index (χ0v) is 13.5. The molecule has 5 nitrogen and oxygen atoms in total. The van der Waals surface area contributed by atoms with E-state index in [1.807, 2.05) is 11.8 Å². The van der Waals surface area contributed by atoms with Gasteiger partial charge in [0.25, 0.3) is 5.91 Å². The molecule has 1 aliphatic heterocycles. The molecule has 21 heavy (non-hydrogen) atoms. The molecule has 0 unspecified atom stereocenters. The highest BCUT2D eigenvalue weighted by atomic mass is 32.1. The highest BCUT2D eigenvalue weighted by molar-refractivity contribution is 7.11. The minimum absolute atomic E-state index is 0.0363. The molecule has 1 aromatic rings. The molecular weight excluding hydrogens is 286 g/mol. The Morgan fingerprint density at radius 1 is 1.43 bits per heavy atom. The predicted molar refractivity (Wildman–Crippen MR) is 83.4 cm³/mol. The molecule has 1 N–H and O–H groups in total. The van der Waals surface area contributed by atoms with E-state index in [1.165, 1.54) is 11.3 Å². The van der Waals surface area contributed by atoms with Crippen LogP contribution in [0.1, 0.15) is 54.4 Å². The van der Waals surface area contributed by atoms with Crippen LogP contribution in [0.25, 0.3) is 0 Å². The molecular formula is C15H23N3O2S. The van der Waals surface area contributed by atoms with Crippen molar-refractivity contribution >= 4 is 23.2 Å². The lowest BCUT2D eigenvalue weighted by Crippen LogP contribution is -2.46. The number of thiazole rings is 1. The lowest BCUT2D eigenvalue weighted by molar-refractivity contribution is -0.132. The molecule has 0 saturated carbocycles. The summed E-state index contributed by atoms with van der Waals surface area (Å²) in [4.78, 5) is 30.8. The van der Waals surface area contributed by atoms with E-state index < -0.39 is 0 Å². The smallest absolute Gasteiger partial charge is 0.263 e. The van der Waals surface area contributed by atoms with E-state index in [1.54, 1.807) is 5.51 Å². The molecule has 1 fully saturated rings. The fourth-order valence-electron chi connectivity index (χ4n) is 2.53. The van der Waals surface area contributed by atoms with Crippen LogP contribution >= 0.6 is 11.3 Å². The number of likely N-dealkylation sites (tertiary alicyclic amines) is 1. The minimum atomic E-state index is -0.0363. The maximum absolute atomic E-state index is 12.1. The van der Waals surface area contributed by atoms with E-state index in [4.69, 9.17) is 0 Å². The van der Waals surface area contributed by atoms with E-state index in [2.05, 4.69) is 17.2 Å². The molecule has 0 spiro atoms. The zero-order valence-electron chi connectivity index (χ0n) is 12.7. The van der Waals surface area contributed by atoms with E-state index in [-0.39, 0.29) is 17.9 Å². The summed E-state index contributed by atoms with van der Waals surface area (Å²) in [5, 5.41) is 3.06. The molecule has 6 heteroatoms. The van der Waals surface area contributed by atoms with Crippen molar-refractivity contribution in [1.82, 2.24) is 15.2 Å². The van der Waals surface area contributed by atoms with Crippen molar-refractivity contribution in [2.75, 3.05) is 13.1 Å². The maximum atomic E-state index is 12.1. The molecule has 0 atom stereocenters. The summed E-state index contributed by atoms with van der Waals surface area (Å²) in [7, 11) is 0. The van der Waals surface area contributed by atoms with Crippen molar-refractivity contribution in [3.8, 4) is 0 Å². The van der Waals surface area contributed by atoms with Crippen molar-refractivity contribution in [1.29, 1.82) is 0 Å². The fraction of sp³-hybridized carbons (Fsp3) is 0.667. The Kier molecular flexibility index (Phi) is 5.73. The van der Waals surface area contributed by atoms with Gasteiger partial charge in [0.05, 0.1) is 11.2 Å². The van der Waals surface area contributed by atoms with E-state index >= 15 is 0 Å². The van der Waals surface area contributed by atoms with Crippen LogP contribution in [0, 0.1) is 6.92 Å². The quantitative estimate of drug-likeness (QED) is 0.908. The number of carbonyl (C=O) groups is 2. The fourth-order valence-corrected chi connectivity index (χ4v) is 3.24. The van der Waals surface area contributed by atoms with Crippen molar-refractivity contribution in [3.63, 3.8) is 0 Å². The van der Waals surface area contributed by atoms with Gasteiger partial charge in [-0.1, -0.05) is 13.3 Å². The molecule has 1 aromatic heterocycles. The van der Waals surface area contributed by atoms with Crippen LogP contribution in [0.2, 0.25) is 0 Å². The summed E-state index contributed by atoms with van der Waals surface area (Å²) < 4.78 is 0. The number of piperidine rings is 1. The normalized spacial score (nSPS) is 16.0. The van der Waals surface area contributed by atoms with Crippen LogP contribution in [0.5, 0.6) is 0 Å². The summed E-state index contributed by atoms with van der Waals surface area (Å²) in [6.07, 6.45) is 4.32. The maximum Gasteiger partial charge on any atom is 0.263 e. The monoisotopic (exact) mass is 309 g/mol. The summed E-state index contributed by atoms with van der Waals surface area (Å²) >= 11 is 1.37. The average Bonchev–Trinajstić information content (AvgIpc) is 2.91. The number of hydrogen-bond acceptors (Lipinski definition) is 4. The Bertz CT molecular complexity index is 493. The molecule has 1 aliphatic rings. The molecule has 2 amide bonds. The first-order chi connectivity index (χ1) is 10.1. The average molecular weight is 309 g/mol. The highest BCUT2D eigenvalue weighted by Crippen LogP contribution is 2.16. The van der Waals surface area contributed by atoms with E-state index in [0.29, 0.717) is 11.3 Å². The van der Waals surface area contributed by atoms with Gasteiger partial charge in [-0.15, -0.1) is 11.3 Å². The zero-order chi connectivity index (χ0) is 15.2. The number of aromatic nitrogens is 1. The number of carbonyl (C=O) groups excluding carboxylic acids is 2. The van der Waals surface area contributed by atoms with Crippen molar-refractivity contribution < 1.29 is 9.59 Å². The SMILES string of the molecule is CCCCC(=O)N1CCC(NC(=O)c2scnc2C)CC1. The minimum Gasteiger partial charge on any atom is -0.348 e. The molecule has 0 aromatic carbocycles. The number of hydrogen-bond donors (Lipinski definition) is 1. The third kappa shape index (κ3) is 4.27. The summed E-state index contributed by atoms with van der Waals surface area (Å²) in [5.74, 6) is 0.214. The number of aryl methyl sites for hydroxylation is 1. The van der Waals surface area contributed by atoms with Gasteiger partial charge in [0.15, 0.2) is 0 Å². The standard InChI is InChI=1S/C15H23N3O2S/c1-3-4-5-13(19)18-8-6-12(7-9-18)17-15(20)14-11(2)16-10-21-14/h10,12H,3-9H2,1-2H3,(H,17,20). The highest BCUT2D eigenvalue weighted by Gasteiger charge is 2.24. The van der Waals surface area contributed by atoms with Gasteiger partial charge in [0.1, 0.15) is 4.88 Å². The van der Waals surface area contributed by atoms with Gasteiger partial charge in [-0.05, 0) is 26.2 Å². The Balaban J connectivity index is 1.78. The molecule has 0 bridgehead atoms. The van der Waals surface area contributed by atoms with Crippen LogP contribution in [0.15, 0.2) is 5.51 Å². The van der Waals surface area contributed by atoms with E-state index in [9.17, 15) is 9.59 Å². The number of nitrogens with zero attached hydrogens (tertiary/aromatic N) is 2. The molecule has 116 valence electrons. The van der Waals surface area contributed by atoms with Gasteiger partial charge in [-0.3, -0.25) is 9.59 Å². The van der Waals surface area contributed by atoms with Gasteiger partial charge in [0.2, 0.25) is 5.91 Å². The number of nitrogens with one attached hydrogen (secondary N) is 1. The number of rotatable bonds is 5. The molecule has 0 aliphatic carbocycles. The van der Waals surface area contributed by atoms with Crippen LogP contribution in [-0.2, 0) is 4.79 Å². The third-order valence-corrected chi connectivity index (χ3v) is 4.81. The Morgan fingerprint density at radius 3 is 2.71 bits per heavy atom. The first kappa shape index (κ1) is 15.9.